The van der Waals surface area contributed by atoms with E-state index in [1.165, 1.54) is 25.7 Å². The lowest BCUT2D eigenvalue weighted by Crippen LogP contribution is -2.42. The Balaban J connectivity index is 2.18. The number of carbonyl (C=O) groups excluding carboxylic acids is 1. The Morgan fingerprint density at radius 2 is 2.14 bits per heavy atom. The van der Waals surface area contributed by atoms with E-state index < -0.39 is 6.04 Å². The molecule has 0 aromatic rings. The van der Waals surface area contributed by atoms with E-state index in [2.05, 4.69) is 5.32 Å². The highest BCUT2D eigenvalue weighted by molar-refractivity contribution is 5.81. The van der Waals surface area contributed by atoms with Crippen molar-refractivity contribution in [3.8, 4) is 0 Å². The first-order chi connectivity index (χ1) is 6.74. The zero-order chi connectivity index (χ0) is 10.4. The average Bonchev–Trinajstić information content (AvgIpc) is 2.66. The third-order valence-electron chi connectivity index (χ3n) is 2.81. The van der Waals surface area contributed by atoms with Gasteiger partial charge in [-0.2, -0.15) is 0 Å². The van der Waals surface area contributed by atoms with Gasteiger partial charge in [-0.3, -0.25) is 4.79 Å². The van der Waals surface area contributed by atoms with E-state index in [4.69, 9.17) is 10.8 Å². The van der Waals surface area contributed by atoms with Gasteiger partial charge in [-0.25, -0.2) is 0 Å². The van der Waals surface area contributed by atoms with Gasteiger partial charge in [0.25, 0.3) is 0 Å². The van der Waals surface area contributed by atoms with Crippen molar-refractivity contribution in [1.82, 2.24) is 5.32 Å². The van der Waals surface area contributed by atoms with Crippen LogP contribution >= 0.6 is 0 Å². The van der Waals surface area contributed by atoms with Crippen LogP contribution in [-0.4, -0.2) is 30.2 Å². The predicted octanol–water partition coefficient (Wildman–Crippen LogP) is 0.00250. The van der Waals surface area contributed by atoms with Crippen molar-refractivity contribution in [3.63, 3.8) is 0 Å². The molecular formula is C10H20N2O2. The molecule has 1 atom stereocenters. The summed E-state index contributed by atoms with van der Waals surface area (Å²) in [7, 11) is 0. The van der Waals surface area contributed by atoms with Gasteiger partial charge < -0.3 is 16.2 Å². The molecule has 1 saturated carbocycles. The molecule has 1 aliphatic carbocycles. The Kier molecular flexibility index (Phi) is 4.90. The van der Waals surface area contributed by atoms with Crippen molar-refractivity contribution < 1.29 is 9.90 Å². The average molecular weight is 200 g/mol. The molecule has 14 heavy (non-hydrogen) atoms. The molecule has 0 bridgehead atoms. The van der Waals surface area contributed by atoms with Crippen molar-refractivity contribution in [2.24, 2.45) is 11.7 Å². The van der Waals surface area contributed by atoms with Gasteiger partial charge in [-0.1, -0.05) is 25.7 Å². The maximum Gasteiger partial charge on any atom is 0.237 e. The number of hydrogen-bond acceptors (Lipinski definition) is 3. The Hall–Kier alpha value is -0.610. The molecule has 1 rings (SSSR count). The summed E-state index contributed by atoms with van der Waals surface area (Å²) in [5, 5.41) is 11.1. The van der Waals surface area contributed by atoms with Gasteiger partial charge in [0, 0.05) is 6.54 Å². The second-order valence-corrected chi connectivity index (χ2v) is 4.01. The second kappa shape index (κ2) is 5.98. The molecule has 0 aliphatic heterocycles. The topological polar surface area (TPSA) is 75.4 Å². The minimum Gasteiger partial charge on any atom is -0.395 e. The van der Waals surface area contributed by atoms with E-state index in [-0.39, 0.29) is 12.5 Å². The highest BCUT2D eigenvalue weighted by Gasteiger charge is 2.21. The fourth-order valence-corrected chi connectivity index (χ4v) is 2.02. The molecule has 82 valence electrons. The van der Waals surface area contributed by atoms with Gasteiger partial charge in [-0.15, -0.1) is 0 Å². The number of rotatable bonds is 5. The van der Waals surface area contributed by atoms with E-state index in [0.29, 0.717) is 12.5 Å². The zero-order valence-electron chi connectivity index (χ0n) is 8.54. The Morgan fingerprint density at radius 3 is 2.71 bits per heavy atom. The molecule has 4 nitrogen and oxygen atoms in total. The number of aliphatic hydroxyl groups is 1. The van der Waals surface area contributed by atoms with Gasteiger partial charge in [0.1, 0.15) is 0 Å². The van der Waals surface area contributed by atoms with Crippen molar-refractivity contribution >= 4 is 5.91 Å². The van der Waals surface area contributed by atoms with Crippen LogP contribution in [0.15, 0.2) is 0 Å². The summed E-state index contributed by atoms with van der Waals surface area (Å²) < 4.78 is 0. The van der Waals surface area contributed by atoms with Crippen molar-refractivity contribution in [2.45, 2.75) is 38.1 Å². The van der Waals surface area contributed by atoms with Crippen LogP contribution in [0.25, 0.3) is 0 Å². The first-order valence-electron chi connectivity index (χ1n) is 5.38. The van der Waals surface area contributed by atoms with Gasteiger partial charge in [0.15, 0.2) is 0 Å². The number of amides is 1. The van der Waals surface area contributed by atoms with Crippen LogP contribution in [0.2, 0.25) is 0 Å². The molecule has 0 unspecified atom stereocenters. The molecule has 1 aliphatic rings. The van der Waals surface area contributed by atoms with Crippen LogP contribution in [0.3, 0.4) is 0 Å². The molecule has 0 heterocycles. The summed E-state index contributed by atoms with van der Waals surface area (Å²) in [4.78, 5) is 11.3. The SMILES string of the molecule is N[C@@H](CC1CCCC1)C(=O)NCCO. The van der Waals surface area contributed by atoms with E-state index in [0.717, 1.165) is 6.42 Å². The van der Waals surface area contributed by atoms with Crippen LogP contribution < -0.4 is 11.1 Å². The lowest BCUT2D eigenvalue weighted by Gasteiger charge is -2.15. The molecule has 4 heteroatoms. The molecule has 0 aromatic heterocycles. The summed E-state index contributed by atoms with van der Waals surface area (Å²) in [5.41, 5.74) is 5.74. The largest absolute Gasteiger partial charge is 0.395 e. The molecule has 4 N–H and O–H groups in total. The number of nitrogens with two attached hydrogens (primary N) is 1. The van der Waals surface area contributed by atoms with Crippen LogP contribution in [0.5, 0.6) is 0 Å². The monoisotopic (exact) mass is 200 g/mol. The molecule has 0 saturated heterocycles. The normalized spacial score (nSPS) is 19.6. The smallest absolute Gasteiger partial charge is 0.237 e. The minimum absolute atomic E-state index is 0.0259. The number of hydrogen-bond donors (Lipinski definition) is 3. The molecule has 0 aromatic carbocycles. The molecular weight excluding hydrogens is 180 g/mol. The Bertz CT molecular complexity index is 179. The van der Waals surface area contributed by atoms with Gasteiger partial charge in [0.05, 0.1) is 12.6 Å². The third kappa shape index (κ3) is 3.64. The van der Waals surface area contributed by atoms with Gasteiger partial charge in [0.2, 0.25) is 5.91 Å². The summed E-state index contributed by atoms with van der Waals surface area (Å²) >= 11 is 0. The maximum atomic E-state index is 11.3. The lowest BCUT2D eigenvalue weighted by atomic mass is 9.98. The van der Waals surface area contributed by atoms with Crippen LogP contribution in [0.4, 0.5) is 0 Å². The fraction of sp³-hybridized carbons (Fsp3) is 0.900. The number of aliphatic hydroxyl groups excluding tert-OH is 1. The van der Waals surface area contributed by atoms with Crippen molar-refractivity contribution in [2.75, 3.05) is 13.2 Å². The summed E-state index contributed by atoms with van der Waals surface area (Å²) in [6.07, 6.45) is 5.75. The molecule has 1 amide bonds. The van der Waals surface area contributed by atoms with E-state index in [1.54, 1.807) is 0 Å². The van der Waals surface area contributed by atoms with Crippen LogP contribution in [0.1, 0.15) is 32.1 Å². The maximum absolute atomic E-state index is 11.3. The quantitative estimate of drug-likeness (QED) is 0.585. The summed E-state index contributed by atoms with van der Waals surface area (Å²) in [6.45, 7) is 0.277. The molecule has 1 fully saturated rings. The first-order valence-corrected chi connectivity index (χ1v) is 5.38. The standard InChI is InChI=1S/C10H20N2O2/c11-9(10(14)12-5-6-13)7-8-3-1-2-4-8/h8-9,13H,1-7,11H2,(H,12,14)/t9-/m0/s1. The van der Waals surface area contributed by atoms with Gasteiger partial charge in [-0.05, 0) is 12.3 Å². The number of nitrogens with one attached hydrogen (secondary N) is 1. The van der Waals surface area contributed by atoms with Crippen LogP contribution in [0, 0.1) is 5.92 Å². The van der Waals surface area contributed by atoms with E-state index in [1.807, 2.05) is 0 Å². The summed E-state index contributed by atoms with van der Waals surface area (Å²) in [5.74, 6) is 0.496. The van der Waals surface area contributed by atoms with Crippen LogP contribution in [-0.2, 0) is 4.79 Å². The predicted molar refractivity (Wildman–Crippen MR) is 54.6 cm³/mol. The minimum atomic E-state index is -0.398. The third-order valence-corrected chi connectivity index (χ3v) is 2.81. The highest BCUT2D eigenvalue weighted by atomic mass is 16.3. The number of carbonyl (C=O) groups is 1. The Labute approximate surface area is 84.9 Å². The second-order valence-electron chi connectivity index (χ2n) is 4.01. The van der Waals surface area contributed by atoms with Gasteiger partial charge >= 0.3 is 0 Å². The zero-order valence-corrected chi connectivity index (χ0v) is 8.54. The highest BCUT2D eigenvalue weighted by Crippen LogP contribution is 2.28. The Morgan fingerprint density at radius 1 is 1.50 bits per heavy atom. The van der Waals surface area contributed by atoms with E-state index in [9.17, 15) is 4.79 Å². The molecule has 0 spiro atoms. The lowest BCUT2D eigenvalue weighted by molar-refractivity contribution is -0.122. The fourth-order valence-electron chi connectivity index (χ4n) is 2.02. The van der Waals surface area contributed by atoms with E-state index >= 15 is 0 Å². The van der Waals surface area contributed by atoms with Crippen molar-refractivity contribution in [3.05, 3.63) is 0 Å². The first kappa shape index (κ1) is 11.5. The summed E-state index contributed by atoms with van der Waals surface area (Å²) in [6, 6.07) is -0.398. The molecule has 0 radical (unpaired) electrons. The van der Waals surface area contributed by atoms with Crippen molar-refractivity contribution in [1.29, 1.82) is 0 Å².